The normalized spacial score (nSPS) is 17.5. The number of nitrogens with one attached hydrogen (secondary N) is 2. The Hall–Kier alpha value is -2.11. The molecule has 0 bridgehead atoms. The van der Waals surface area contributed by atoms with Crippen molar-refractivity contribution in [2.75, 3.05) is 18.4 Å². The summed E-state index contributed by atoms with van der Waals surface area (Å²) in [6.45, 7) is 7.90. The largest absolute Gasteiger partial charge is 0.346 e. The van der Waals surface area contributed by atoms with Crippen molar-refractivity contribution in [1.29, 1.82) is 0 Å². The van der Waals surface area contributed by atoms with Crippen LogP contribution in [0.4, 0.5) is 11.5 Å². The molecule has 1 aliphatic rings. The second-order valence-corrected chi connectivity index (χ2v) is 8.27. The molecule has 0 unspecified atom stereocenters. The fourth-order valence-electron chi connectivity index (χ4n) is 3.47. The lowest BCUT2D eigenvalue weighted by Gasteiger charge is -2.36. The Morgan fingerprint density at radius 3 is 2.62 bits per heavy atom. The minimum absolute atomic E-state index is 0.459. The summed E-state index contributed by atoms with van der Waals surface area (Å²) >= 11 is 5.98. The van der Waals surface area contributed by atoms with E-state index in [-0.39, 0.29) is 0 Å². The number of anilines is 2. The van der Waals surface area contributed by atoms with Gasteiger partial charge in [0.2, 0.25) is 0 Å². The van der Waals surface area contributed by atoms with Crippen LogP contribution in [0.1, 0.15) is 32.3 Å². The van der Waals surface area contributed by atoms with E-state index >= 15 is 0 Å². The molecule has 2 aromatic heterocycles. The molecule has 4 rings (SSSR count). The number of rotatable bonds is 4. The molecule has 5 nitrogen and oxygen atoms in total. The van der Waals surface area contributed by atoms with Crippen molar-refractivity contribution in [2.24, 2.45) is 5.41 Å². The van der Waals surface area contributed by atoms with Gasteiger partial charge < -0.3 is 10.3 Å². The highest BCUT2D eigenvalue weighted by Gasteiger charge is 2.26. The standard InChI is InChI=1S/C20H24ClN5/c1-20(2)7-9-26(10-8-20)12-14-11-22-18-17(14)19(24-13-23-18)25-16-5-3-15(21)4-6-16/h3-6,11,13H,7-10,12H2,1-2H3,(H2,22,23,24,25). The third-order valence-electron chi connectivity index (χ3n) is 5.26. The fraction of sp³-hybridized carbons (Fsp3) is 0.400. The minimum atomic E-state index is 0.459. The van der Waals surface area contributed by atoms with Gasteiger partial charge in [0, 0.05) is 23.5 Å². The lowest BCUT2D eigenvalue weighted by atomic mass is 9.82. The molecule has 1 saturated heterocycles. The van der Waals surface area contributed by atoms with Crippen molar-refractivity contribution < 1.29 is 0 Å². The summed E-state index contributed by atoms with van der Waals surface area (Å²) in [6, 6.07) is 7.65. The molecule has 0 spiro atoms. The molecule has 1 aliphatic heterocycles. The highest BCUT2D eigenvalue weighted by atomic mass is 35.5. The maximum atomic E-state index is 5.98. The molecule has 0 saturated carbocycles. The van der Waals surface area contributed by atoms with E-state index in [1.165, 1.54) is 18.4 Å². The number of likely N-dealkylation sites (tertiary alicyclic amines) is 1. The van der Waals surface area contributed by atoms with Gasteiger partial charge in [-0.25, -0.2) is 9.97 Å². The molecule has 3 heterocycles. The van der Waals surface area contributed by atoms with Crippen LogP contribution in [0.2, 0.25) is 5.02 Å². The van der Waals surface area contributed by atoms with Gasteiger partial charge in [-0.1, -0.05) is 25.4 Å². The second-order valence-electron chi connectivity index (χ2n) is 7.83. The van der Waals surface area contributed by atoms with Crippen molar-refractivity contribution in [3.05, 3.63) is 47.4 Å². The Bertz CT molecular complexity index is 890. The van der Waals surface area contributed by atoms with Crippen molar-refractivity contribution in [1.82, 2.24) is 19.9 Å². The van der Waals surface area contributed by atoms with Crippen LogP contribution in [0.3, 0.4) is 0 Å². The first-order chi connectivity index (χ1) is 12.5. The zero-order valence-corrected chi connectivity index (χ0v) is 16.0. The number of nitrogens with zero attached hydrogens (tertiary/aromatic N) is 3. The van der Waals surface area contributed by atoms with Gasteiger partial charge in [-0.15, -0.1) is 0 Å². The number of hydrogen-bond acceptors (Lipinski definition) is 4. The smallest absolute Gasteiger partial charge is 0.143 e. The molecule has 1 aromatic carbocycles. The summed E-state index contributed by atoms with van der Waals surface area (Å²) in [4.78, 5) is 14.7. The van der Waals surface area contributed by atoms with Crippen molar-refractivity contribution in [3.8, 4) is 0 Å². The van der Waals surface area contributed by atoms with E-state index in [9.17, 15) is 0 Å². The van der Waals surface area contributed by atoms with E-state index < -0.39 is 0 Å². The van der Waals surface area contributed by atoms with Crippen LogP contribution in [-0.2, 0) is 6.54 Å². The first-order valence-corrected chi connectivity index (χ1v) is 9.44. The number of aromatic nitrogens is 3. The van der Waals surface area contributed by atoms with Gasteiger partial charge in [0.25, 0.3) is 0 Å². The highest BCUT2D eigenvalue weighted by Crippen LogP contribution is 2.32. The summed E-state index contributed by atoms with van der Waals surface area (Å²) in [7, 11) is 0. The zero-order valence-electron chi connectivity index (χ0n) is 15.2. The van der Waals surface area contributed by atoms with E-state index in [1.54, 1.807) is 6.33 Å². The molecule has 136 valence electrons. The highest BCUT2D eigenvalue weighted by molar-refractivity contribution is 6.30. The van der Waals surface area contributed by atoms with Crippen molar-refractivity contribution in [3.63, 3.8) is 0 Å². The van der Waals surface area contributed by atoms with Gasteiger partial charge in [-0.05, 0) is 61.2 Å². The lowest BCUT2D eigenvalue weighted by molar-refractivity contribution is 0.127. The second kappa shape index (κ2) is 6.89. The van der Waals surface area contributed by atoms with Gasteiger partial charge in [0.15, 0.2) is 0 Å². The minimum Gasteiger partial charge on any atom is -0.346 e. The third-order valence-corrected chi connectivity index (χ3v) is 5.51. The summed E-state index contributed by atoms with van der Waals surface area (Å²) < 4.78 is 0. The molecular weight excluding hydrogens is 346 g/mol. The monoisotopic (exact) mass is 369 g/mol. The molecule has 0 atom stereocenters. The number of benzene rings is 1. The van der Waals surface area contributed by atoms with E-state index in [4.69, 9.17) is 11.6 Å². The molecule has 3 aromatic rings. The molecule has 6 heteroatoms. The van der Waals surface area contributed by atoms with Gasteiger partial charge in [-0.3, -0.25) is 4.90 Å². The summed E-state index contributed by atoms with van der Waals surface area (Å²) in [5, 5.41) is 5.19. The molecule has 0 amide bonds. The van der Waals surface area contributed by atoms with Crippen LogP contribution < -0.4 is 5.32 Å². The Balaban J connectivity index is 1.59. The molecule has 26 heavy (non-hydrogen) atoms. The van der Waals surface area contributed by atoms with Gasteiger partial charge >= 0.3 is 0 Å². The summed E-state index contributed by atoms with van der Waals surface area (Å²) in [6.07, 6.45) is 6.12. The Morgan fingerprint density at radius 2 is 1.88 bits per heavy atom. The van der Waals surface area contributed by atoms with Gasteiger partial charge in [0.1, 0.15) is 17.8 Å². The van der Waals surface area contributed by atoms with Crippen LogP contribution in [0.15, 0.2) is 36.8 Å². The van der Waals surface area contributed by atoms with E-state index in [0.29, 0.717) is 5.41 Å². The predicted octanol–water partition coefficient (Wildman–Crippen LogP) is 4.98. The van der Waals surface area contributed by atoms with Gasteiger partial charge in [-0.2, -0.15) is 0 Å². The third kappa shape index (κ3) is 3.69. The topological polar surface area (TPSA) is 56.8 Å². The van der Waals surface area contributed by atoms with Gasteiger partial charge in [0.05, 0.1) is 5.39 Å². The molecule has 0 aliphatic carbocycles. The molecule has 1 fully saturated rings. The first-order valence-electron chi connectivity index (χ1n) is 9.06. The van der Waals surface area contributed by atoms with Crippen LogP contribution in [0.25, 0.3) is 11.0 Å². The Morgan fingerprint density at radius 1 is 1.15 bits per heavy atom. The fourth-order valence-corrected chi connectivity index (χ4v) is 3.60. The average molecular weight is 370 g/mol. The van der Waals surface area contributed by atoms with E-state index in [2.05, 4.69) is 45.2 Å². The Kier molecular flexibility index (Phi) is 4.59. The van der Waals surface area contributed by atoms with Crippen molar-refractivity contribution in [2.45, 2.75) is 33.2 Å². The summed E-state index contributed by atoms with van der Waals surface area (Å²) in [5.74, 6) is 0.825. The molecule has 2 N–H and O–H groups in total. The average Bonchev–Trinajstić information content (AvgIpc) is 3.03. The Labute approximate surface area is 158 Å². The van der Waals surface area contributed by atoms with E-state index in [1.807, 2.05) is 24.3 Å². The maximum absolute atomic E-state index is 5.98. The number of aromatic amines is 1. The first kappa shape index (κ1) is 17.3. The number of hydrogen-bond donors (Lipinski definition) is 2. The molecular formula is C20H24ClN5. The predicted molar refractivity (Wildman–Crippen MR) is 107 cm³/mol. The number of fused-ring (bicyclic) bond motifs is 1. The number of piperidine rings is 1. The number of halogens is 1. The van der Waals surface area contributed by atoms with Crippen LogP contribution in [-0.4, -0.2) is 32.9 Å². The maximum Gasteiger partial charge on any atom is 0.143 e. The van der Waals surface area contributed by atoms with Crippen LogP contribution in [0, 0.1) is 5.41 Å². The van der Waals surface area contributed by atoms with Crippen LogP contribution in [0.5, 0.6) is 0 Å². The zero-order chi connectivity index (χ0) is 18.1. The number of H-pyrrole nitrogens is 1. The van der Waals surface area contributed by atoms with Crippen molar-refractivity contribution >= 4 is 34.1 Å². The molecule has 0 radical (unpaired) electrons. The SMILES string of the molecule is CC1(C)CCN(Cc2c[nH]c3ncnc(Nc4ccc(Cl)cc4)c23)CC1. The quantitative estimate of drug-likeness (QED) is 0.681. The summed E-state index contributed by atoms with van der Waals surface area (Å²) in [5.41, 5.74) is 3.52. The van der Waals surface area contributed by atoms with E-state index in [0.717, 1.165) is 47.2 Å². The van der Waals surface area contributed by atoms with Crippen LogP contribution >= 0.6 is 11.6 Å². The lowest BCUT2D eigenvalue weighted by Crippen LogP contribution is -2.36.